The van der Waals surface area contributed by atoms with E-state index in [9.17, 15) is 13.2 Å². The molecule has 39 heavy (non-hydrogen) atoms. The van der Waals surface area contributed by atoms with Crippen molar-refractivity contribution in [2.24, 2.45) is 5.92 Å². The quantitative estimate of drug-likeness (QED) is 0.210. The lowest BCUT2D eigenvalue weighted by molar-refractivity contribution is -0.119. The summed E-state index contributed by atoms with van der Waals surface area (Å²) in [6, 6.07) is 28.1. The molecule has 0 saturated heterocycles. The minimum Gasteiger partial charge on any atom is -0.492 e. The van der Waals surface area contributed by atoms with Crippen LogP contribution in [0.5, 0.6) is 5.75 Å². The molecule has 0 spiro atoms. The van der Waals surface area contributed by atoms with Gasteiger partial charge in [-0.3, -0.25) is 9.10 Å². The number of nitrogens with one attached hydrogen (secondary N) is 1. The third-order valence-electron chi connectivity index (χ3n) is 6.46. The Labute approximate surface area is 235 Å². The molecule has 6 nitrogen and oxygen atoms in total. The number of sulfonamides is 1. The number of fused-ring (bicyclic) bond motifs is 1. The largest absolute Gasteiger partial charge is 0.492 e. The summed E-state index contributed by atoms with van der Waals surface area (Å²) in [6.07, 6.45) is 2.72. The number of amides is 1. The number of hydrogen-bond acceptors (Lipinski definition) is 5. The second-order valence-corrected chi connectivity index (χ2v) is 12.1. The predicted octanol–water partition coefficient (Wildman–Crippen LogP) is 6.15. The van der Waals surface area contributed by atoms with E-state index < -0.39 is 10.0 Å². The van der Waals surface area contributed by atoms with Gasteiger partial charge in [0.25, 0.3) is 10.0 Å². The van der Waals surface area contributed by atoms with Crippen LogP contribution in [-0.2, 0) is 21.2 Å². The zero-order valence-electron chi connectivity index (χ0n) is 22.5. The van der Waals surface area contributed by atoms with Crippen LogP contribution in [0.4, 0.5) is 5.69 Å². The molecule has 4 aromatic rings. The number of carbonyl (C=O) groups is 1. The second-order valence-electron chi connectivity index (χ2n) is 9.34. The Kier molecular flexibility index (Phi) is 9.54. The van der Waals surface area contributed by atoms with E-state index in [0.29, 0.717) is 24.6 Å². The van der Waals surface area contributed by atoms with Crippen LogP contribution >= 0.6 is 11.8 Å². The van der Waals surface area contributed by atoms with Crippen molar-refractivity contribution in [3.8, 4) is 5.75 Å². The van der Waals surface area contributed by atoms with Crippen molar-refractivity contribution in [3.63, 3.8) is 0 Å². The highest BCUT2D eigenvalue weighted by Gasteiger charge is 2.29. The first kappa shape index (κ1) is 28.5. The molecule has 4 rings (SSSR count). The number of carbonyl (C=O) groups excluding carboxylic acids is 1. The highest BCUT2D eigenvalue weighted by molar-refractivity contribution is 7.98. The van der Waals surface area contributed by atoms with Gasteiger partial charge < -0.3 is 10.1 Å². The normalized spacial score (nSPS) is 12.2. The van der Waals surface area contributed by atoms with E-state index in [1.54, 1.807) is 48.5 Å². The minimum absolute atomic E-state index is 0.115. The molecule has 0 fully saturated rings. The van der Waals surface area contributed by atoms with Crippen molar-refractivity contribution < 1.29 is 17.9 Å². The van der Waals surface area contributed by atoms with Gasteiger partial charge in [-0.2, -0.15) is 0 Å². The van der Waals surface area contributed by atoms with Crippen LogP contribution in [-0.4, -0.2) is 40.3 Å². The number of anilines is 1. The summed E-state index contributed by atoms with van der Waals surface area (Å²) in [5.41, 5.74) is 1.55. The molecule has 1 amide bonds. The Morgan fingerprint density at radius 3 is 2.38 bits per heavy atom. The molecule has 0 bridgehead atoms. The number of thioether (sulfide) groups is 1. The molecule has 0 heterocycles. The Hall–Kier alpha value is -3.49. The van der Waals surface area contributed by atoms with Gasteiger partial charge in [0, 0.05) is 11.4 Å². The Bertz CT molecular complexity index is 1520. The lowest BCUT2D eigenvalue weighted by atomic mass is 9.96. The summed E-state index contributed by atoms with van der Waals surface area (Å²) in [5.74, 6) is 0.177. The number of nitrogens with zero attached hydrogens (tertiary/aromatic N) is 1. The molecule has 0 saturated carbocycles. The van der Waals surface area contributed by atoms with E-state index >= 15 is 0 Å². The van der Waals surface area contributed by atoms with Crippen molar-refractivity contribution in [1.82, 2.24) is 5.32 Å². The molecule has 0 aliphatic rings. The Morgan fingerprint density at radius 2 is 1.64 bits per heavy atom. The Morgan fingerprint density at radius 1 is 0.949 bits per heavy atom. The van der Waals surface area contributed by atoms with Crippen LogP contribution in [0.25, 0.3) is 10.8 Å². The third-order valence-corrected chi connectivity index (χ3v) is 8.98. The van der Waals surface area contributed by atoms with Gasteiger partial charge in [0.05, 0.1) is 17.2 Å². The molecule has 1 unspecified atom stereocenters. The molecular formula is C31H34N2O4S2. The maximum Gasteiger partial charge on any atom is 0.264 e. The maximum absolute atomic E-state index is 13.8. The molecule has 0 aromatic heterocycles. The fourth-order valence-electron chi connectivity index (χ4n) is 4.51. The van der Waals surface area contributed by atoms with E-state index in [4.69, 9.17) is 4.74 Å². The summed E-state index contributed by atoms with van der Waals surface area (Å²) >= 11 is 1.53. The molecule has 1 N–H and O–H groups in total. The van der Waals surface area contributed by atoms with E-state index in [1.165, 1.54) is 28.1 Å². The molecule has 204 valence electrons. The van der Waals surface area contributed by atoms with Gasteiger partial charge in [-0.15, -0.1) is 11.8 Å². The summed E-state index contributed by atoms with van der Waals surface area (Å²) in [6.45, 7) is 4.34. The molecule has 4 aromatic carbocycles. The minimum atomic E-state index is -4.04. The molecular weight excluding hydrogens is 528 g/mol. The SMILES string of the molecule is CCOc1ccccc1N(CC(=O)NCC(C)Cc1cccc2ccccc12)S(=O)(=O)c1ccc(SC)cc1. The zero-order valence-corrected chi connectivity index (χ0v) is 24.1. The van der Waals surface area contributed by atoms with Gasteiger partial charge in [-0.05, 0) is 78.3 Å². The first-order valence-corrected chi connectivity index (χ1v) is 15.6. The summed E-state index contributed by atoms with van der Waals surface area (Å²) in [4.78, 5) is 14.2. The second kappa shape index (κ2) is 13.0. The summed E-state index contributed by atoms with van der Waals surface area (Å²) < 4.78 is 34.5. The standard InChI is InChI=1S/C31H34N2O4S2/c1-4-37-30-15-8-7-14-29(30)33(39(35,36)27-18-16-26(38-3)17-19-27)22-31(34)32-21-23(2)20-25-12-9-11-24-10-5-6-13-28(24)25/h5-19,23H,4,20-22H2,1-3H3,(H,32,34). The van der Waals surface area contributed by atoms with Gasteiger partial charge in [0.1, 0.15) is 12.3 Å². The van der Waals surface area contributed by atoms with Gasteiger partial charge in [0.15, 0.2) is 0 Å². The van der Waals surface area contributed by atoms with Crippen molar-refractivity contribution in [2.45, 2.75) is 30.1 Å². The van der Waals surface area contributed by atoms with Crippen molar-refractivity contribution >= 4 is 44.2 Å². The first-order chi connectivity index (χ1) is 18.8. The summed E-state index contributed by atoms with van der Waals surface area (Å²) in [7, 11) is -4.04. The number of rotatable bonds is 12. The first-order valence-electron chi connectivity index (χ1n) is 13.0. The van der Waals surface area contributed by atoms with Gasteiger partial charge in [-0.1, -0.05) is 61.5 Å². The van der Waals surface area contributed by atoms with E-state index in [-0.39, 0.29) is 23.3 Å². The molecule has 0 radical (unpaired) electrons. The van der Waals surface area contributed by atoms with E-state index in [0.717, 1.165) is 15.6 Å². The molecule has 0 aliphatic heterocycles. The van der Waals surface area contributed by atoms with E-state index in [2.05, 4.69) is 36.5 Å². The van der Waals surface area contributed by atoms with Crippen molar-refractivity contribution in [2.75, 3.05) is 30.3 Å². The highest BCUT2D eigenvalue weighted by Crippen LogP contribution is 2.33. The van der Waals surface area contributed by atoms with Crippen LogP contribution in [0.1, 0.15) is 19.4 Å². The van der Waals surface area contributed by atoms with Crippen LogP contribution in [0, 0.1) is 5.92 Å². The number of hydrogen-bond donors (Lipinski definition) is 1. The van der Waals surface area contributed by atoms with Gasteiger partial charge in [0.2, 0.25) is 5.91 Å². The van der Waals surface area contributed by atoms with Crippen LogP contribution in [0.15, 0.2) is 101 Å². The van der Waals surface area contributed by atoms with Crippen LogP contribution in [0.2, 0.25) is 0 Å². The van der Waals surface area contributed by atoms with Crippen LogP contribution in [0.3, 0.4) is 0 Å². The fourth-order valence-corrected chi connectivity index (χ4v) is 6.35. The third kappa shape index (κ3) is 6.94. The average Bonchev–Trinajstić information content (AvgIpc) is 2.95. The number of benzene rings is 4. The van der Waals surface area contributed by atoms with Gasteiger partial charge in [-0.25, -0.2) is 8.42 Å². The Balaban J connectivity index is 1.53. The smallest absolute Gasteiger partial charge is 0.264 e. The van der Waals surface area contributed by atoms with Gasteiger partial charge >= 0.3 is 0 Å². The summed E-state index contributed by atoms with van der Waals surface area (Å²) in [5, 5.41) is 5.34. The predicted molar refractivity (Wildman–Crippen MR) is 160 cm³/mol. The average molecular weight is 563 g/mol. The monoisotopic (exact) mass is 562 g/mol. The fraction of sp³-hybridized carbons (Fsp3) is 0.258. The maximum atomic E-state index is 13.8. The number of ether oxygens (including phenoxy) is 1. The topological polar surface area (TPSA) is 75.7 Å². The molecule has 1 atom stereocenters. The van der Waals surface area contributed by atoms with Crippen molar-refractivity contribution in [3.05, 3.63) is 96.6 Å². The lowest BCUT2D eigenvalue weighted by Gasteiger charge is -2.26. The molecule has 0 aliphatic carbocycles. The zero-order chi connectivity index (χ0) is 27.8. The van der Waals surface area contributed by atoms with E-state index in [1.807, 2.05) is 31.4 Å². The van der Waals surface area contributed by atoms with Crippen LogP contribution < -0.4 is 14.4 Å². The lowest BCUT2D eigenvalue weighted by Crippen LogP contribution is -2.42. The number of para-hydroxylation sites is 2. The van der Waals surface area contributed by atoms with Crippen molar-refractivity contribution in [1.29, 1.82) is 0 Å². The molecule has 8 heteroatoms. The highest BCUT2D eigenvalue weighted by atomic mass is 32.2.